The number of hydrogen-bond donors (Lipinski definition) is 0. The van der Waals surface area contributed by atoms with Gasteiger partial charge in [-0.05, 0) is 30.3 Å². The number of para-hydroxylation sites is 1. The fraction of sp³-hybridized carbons (Fsp3) is 0.0417. The van der Waals surface area contributed by atoms with E-state index in [1.54, 1.807) is 0 Å². The topological polar surface area (TPSA) is 47.2 Å². The third-order valence-corrected chi connectivity index (χ3v) is 6.57. The van der Waals surface area contributed by atoms with Crippen molar-refractivity contribution in [2.75, 3.05) is 0 Å². The Bertz CT molecular complexity index is 1490. The van der Waals surface area contributed by atoms with E-state index >= 15 is 0 Å². The van der Waals surface area contributed by atoms with Gasteiger partial charge in [-0.3, -0.25) is 4.79 Å². The molecule has 30 heavy (non-hydrogen) atoms. The standard InChI is InChI=1S/C24H16BrN3OS/c1-28-21-12-11-16(25)13-22(21)30-24(28)27-23(29)18-14-20(15-7-3-2-4-8-15)26-19-10-6-5-9-17(18)19/h2-14H,1H3. The van der Waals surface area contributed by atoms with E-state index in [9.17, 15) is 4.79 Å². The number of halogens is 1. The lowest BCUT2D eigenvalue weighted by molar-refractivity contribution is 0.0999. The van der Waals surface area contributed by atoms with Gasteiger partial charge in [0.05, 0.1) is 27.0 Å². The zero-order chi connectivity index (χ0) is 20.7. The molecule has 1 amide bonds. The fourth-order valence-electron chi connectivity index (χ4n) is 3.47. The summed E-state index contributed by atoms with van der Waals surface area (Å²) in [6.45, 7) is 0. The first-order valence-electron chi connectivity index (χ1n) is 9.39. The molecule has 0 saturated heterocycles. The van der Waals surface area contributed by atoms with Crippen LogP contribution in [0.2, 0.25) is 0 Å². The summed E-state index contributed by atoms with van der Waals surface area (Å²) in [5.74, 6) is -0.271. The molecule has 0 atom stereocenters. The van der Waals surface area contributed by atoms with Gasteiger partial charge < -0.3 is 4.57 Å². The van der Waals surface area contributed by atoms with Crippen molar-refractivity contribution in [1.29, 1.82) is 0 Å². The van der Waals surface area contributed by atoms with E-state index in [0.29, 0.717) is 10.4 Å². The average Bonchev–Trinajstić information content (AvgIpc) is 3.07. The number of amides is 1. The zero-order valence-electron chi connectivity index (χ0n) is 16.0. The lowest BCUT2D eigenvalue weighted by Gasteiger charge is -2.07. The van der Waals surface area contributed by atoms with Gasteiger partial charge in [0, 0.05) is 22.5 Å². The summed E-state index contributed by atoms with van der Waals surface area (Å²) in [5.41, 5.74) is 4.10. The van der Waals surface area contributed by atoms with E-state index in [2.05, 4.69) is 20.9 Å². The lowest BCUT2D eigenvalue weighted by Crippen LogP contribution is -2.13. The number of rotatable bonds is 2. The van der Waals surface area contributed by atoms with Gasteiger partial charge in [0.2, 0.25) is 0 Å². The SMILES string of the molecule is Cn1c(=NC(=O)c2cc(-c3ccccc3)nc3ccccc23)sc2cc(Br)ccc21. The maximum Gasteiger partial charge on any atom is 0.280 e. The summed E-state index contributed by atoms with van der Waals surface area (Å²) in [5, 5.41) is 0.803. The molecule has 3 aromatic carbocycles. The first-order valence-corrected chi connectivity index (χ1v) is 11.0. The van der Waals surface area contributed by atoms with Crippen LogP contribution in [0.3, 0.4) is 0 Å². The molecule has 2 aromatic heterocycles. The first kappa shape index (κ1) is 18.9. The minimum atomic E-state index is -0.271. The molecule has 146 valence electrons. The summed E-state index contributed by atoms with van der Waals surface area (Å²) >= 11 is 5.00. The molecule has 0 saturated carbocycles. The molecule has 5 aromatic rings. The summed E-state index contributed by atoms with van der Waals surface area (Å²) in [4.78, 5) is 23.2. The fourth-order valence-corrected chi connectivity index (χ4v) is 5.04. The van der Waals surface area contributed by atoms with Crippen LogP contribution in [-0.4, -0.2) is 15.5 Å². The quantitative estimate of drug-likeness (QED) is 0.317. The molecular formula is C24H16BrN3OS. The molecule has 0 N–H and O–H groups in total. The van der Waals surface area contributed by atoms with E-state index in [1.807, 2.05) is 90.5 Å². The number of aromatic nitrogens is 2. The van der Waals surface area contributed by atoms with Gasteiger partial charge in [-0.1, -0.05) is 75.8 Å². The van der Waals surface area contributed by atoms with Gasteiger partial charge >= 0.3 is 0 Å². The molecule has 0 unspecified atom stereocenters. The summed E-state index contributed by atoms with van der Waals surface area (Å²) < 4.78 is 4.02. The highest BCUT2D eigenvalue weighted by Crippen LogP contribution is 2.26. The Hall–Kier alpha value is -3.09. The number of hydrogen-bond acceptors (Lipinski definition) is 3. The third kappa shape index (κ3) is 3.38. The average molecular weight is 474 g/mol. The zero-order valence-corrected chi connectivity index (χ0v) is 18.4. The molecule has 0 aliphatic rings. The van der Waals surface area contributed by atoms with Crippen LogP contribution in [-0.2, 0) is 7.05 Å². The number of pyridine rings is 1. The Morgan fingerprint density at radius 1 is 1.00 bits per heavy atom. The van der Waals surface area contributed by atoms with Crippen LogP contribution < -0.4 is 4.80 Å². The number of fused-ring (bicyclic) bond motifs is 2. The second-order valence-corrected chi connectivity index (χ2v) is 8.84. The molecule has 4 nitrogen and oxygen atoms in total. The highest BCUT2D eigenvalue weighted by molar-refractivity contribution is 9.10. The van der Waals surface area contributed by atoms with Gasteiger partial charge in [-0.15, -0.1) is 0 Å². The Kier molecular flexibility index (Phi) is 4.81. The number of benzene rings is 3. The van der Waals surface area contributed by atoms with Crippen molar-refractivity contribution in [2.24, 2.45) is 12.0 Å². The van der Waals surface area contributed by atoms with Crippen molar-refractivity contribution in [3.63, 3.8) is 0 Å². The Morgan fingerprint density at radius 2 is 1.77 bits per heavy atom. The van der Waals surface area contributed by atoms with E-state index < -0.39 is 0 Å². The van der Waals surface area contributed by atoms with Crippen molar-refractivity contribution in [2.45, 2.75) is 0 Å². The molecular weight excluding hydrogens is 458 g/mol. The van der Waals surface area contributed by atoms with Crippen LogP contribution >= 0.6 is 27.3 Å². The van der Waals surface area contributed by atoms with Gasteiger partial charge in [0.25, 0.3) is 5.91 Å². The van der Waals surface area contributed by atoms with Crippen LogP contribution in [0.15, 0.2) is 88.3 Å². The van der Waals surface area contributed by atoms with Crippen LogP contribution in [0, 0.1) is 0 Å². The van der Waals surface area contributed by atoms with Crippen molar-refractivity contribution in [3.8, 4) is 11.3 Å². The normalized spacial score (nSPS) is 12.0. The van der Waals surface area contributed by atoms with Gasteiger partial charge in [-0.2, -0.15) is 4.99 Å². The highest BCUT2D eigenvalue weighted by atomic mass is 79.9. The minimum Gasteiger partial charge on any atom is -0.319 e. The van der Waals surface area contributed by atoms with Crippen molar-refractivity contribution >= 4 is 54.3 Å². The number of nitrogens with zero attached hydrogens (tertiary/aromatic N) is 3. The molecule has 0 spiro atoms. The van der Waals surface area contributed by atoms with Crippen LogP contribution in [0.4, 0.5) is 0 Å². The second-order valence-electron chi connectivity index (χ2n) is 6.91. The van der Waals surface area contributed by atoms with Crippen molar-refractivity contribution in [1.82, 2.24) is 9.55 Å². The molecule has 2 heterocycles. The van der Waals surface area contributed by atoms with Gasteiger partial charge in [-0.25, -0.2) is 4.98 Å². The third-order valence-electron chi connectivity index (χ3n) is 4.98. The lowest BCUT2D eigenvalue weighted by atomic mass is 10.0. The number of carbonyl (C=O) groups excluding carboxylic acids is 1. The summed E-state index contributed by atoms with van der Waals surface area (Å²) in [6.07, 6.45) is 0. The largest absolute Gasteiger partial charge is 0.319 e. The number of aryl methyl sites for hydroxylation is 1. The van der Waals surface area contributed by atoms with Gasteiger partial charge in [0.15, 0.2) is 4.80 Å². The maximum atomic E-state index is 13.3. The number of thiazole rings is 1. The van der Waals surface area contributed by atoms with E-state index in [0.717, 1.165) is 36.8 Å². The van der Waals surface area contributed by atoms with Crippen LogP contribution in [0.25, 0.3) is 32.4 Å². The van der Waals surface area contributed by atoms with Crippen molar-refractivity contribution < 1.29 is 4.79 Å². The summed E-state index contributed by atoms with van der Waals surface area (Å²) in [7, 11) is 1.93. The predicted octanol–water partition coefficient (Wildman–Crippen LogP) is 5.96. The Labute approximate surface area is 185 Å². The maximum absolute atomic E-state index is 13.3. The van der Waals surface area contributed by atoms with E-state index in [1.165, 1.54) is 11.3 Å². The second kappa shape index (κ2) is 7.63. The smallest absolute Gasteiger partial charge is 0.280 e. The molecule has 5 rings (SSSR count). The molecule has 0 radical (unpaired) electrons. The van der Waals surface area contributed by atoms with Gasteiger partial charge in [0.1, 0.15) is 0 Å². The Morgan fingerprint density at radius 3 is 2.60 bits per heavy atom. The Balaban J connectivity index is 1.70. The van der Waals surface area contributed by atoms with Crippen molar-refractivity contribution in [3.05, 3.63) is 93.7 Å². The molecule has 0 fully saturated rings. The highest BCUT2D eigenvalue weighted by Gasteiger charge is 2.14. The first-order chi connectivity index (χ1) is 14.6. The molecule has 0 aliphatic heterocycles. The molecule has 6 heteroatoms. The van der Waals surface area contributed by atoms with E-state index in [-0.39, 0.29) is 5.91 Å². The molecule has 0 aliphatic carbocycles. The predicted molar refractivity (Wildman–Crippen MR) is 126 cm³/mol. The monoisotopic (exact) mass is 473 g/mol. The summed E-state index contributed by atoms with van der Waals surface area (Å²) in [6, 6.07) is 25.5. The number of carbonyl (C=O) groups is 1. The van der Waals surface area contributed by atoms with Crippen LogP contribution in [0.5, 0.6) is 0 Å². The minimum absolute atomic E-state index is 0.271. The molecule has 0 bridgehead atoms. The van der Waals surface area contributed by atoms with Crippen LogP contribution in [0.1, 0.15) is 10.4 Å². The van der Waals surface area contributed by atoms with E-state index in [4.69, 9.17) is 4.98 Å².